The molecule has 0 heterocycles. The number of rotatable bonds is 2. The summed E-state index contributed by atoms with van der Waals surface area (Å²) in [6, 6.07) is 8.71. The normalized spacial score (nSPS) is 11.5. The molecule has 0 N–H and O–H groups in total. The van der Waals surface area contributed by atoms with Gasteiger partial charge in [0.1, 0.15) is 11.6 Å². The van der Waals surface area contributed by atoms with Crippen LogP contribution in [0.4, 0.5) is 8.78 Å². The summed E-state index contributed by atoms with van der Waals surface area (Å²) in [5.74, 6) is -1.69. The van der Waals surface area contributed by atoms with Gasteiger partial charge in [-0.05, 0) is 18.2 Å². The highest BCUT2D eigenvalue weighted by molar-refractivity contribution is 8.13. The molecule has 18 heavy (non-hydrogen) atoms. The molecular weight excluding hydrogens is 282 g/mol. The minimum absolute atomic E-state index is 0.0944. The molecule has 0 amide bonds. The van der Waals surface area contributed by atoms with E-state index in [1.165, 1.54) is 30.3 Å². The molecule has 0 radical (unpaired) electrons. The number of hydrogen-bond acceptors (Lipinski definition) is 2. The summed E-state index contributed by atoms with van der Waals surface area (Å²) < 4.78 is 50.0. The Morgan fingerprint density at radius 3 is 2.00 bits per heavy atom. The van der Waals surface area contributed by atoms with E-state index in [1.807, 2.05) is 0 Å². The van der Waals surface area contributed by atoms with Crippen LogP contribution in [-0.4, -0.2) is 8.42 Å². The summed E-state index contributed by atoms with van der Waals surface area (Å²) in [7, 11) is 1.17. The summed E-state index contributed by atoms with van der Waals surface area (Å²) in [4.78, 5) is -0.323. The third-order valence-corrected chi connectivity index (χ3v) is 3.76. The van der Waals surface area contributed by atoms with Crippen molar-refractivity contribution < 1.29 is 17.2 Å². The van der Waals surface area contributed by atoms with Gasteiger partial charge in [0, 0.05) is 16.2 Å². The lowest BCUT2D eigenvalue weighted by Gasteiger charge is -2.08. The van der Waals surface area contributed by atoms with E-state index in [0.717, 1.165) is 12.1 Å². The summed E-state index contributed by atoms with van der Waals surface area (Å²) in [5, 5.41) is 0. The standard InChI is InChI=1S/C12H7ClF2O2S/c13-18(16,17)11-7-2-1-4-8(11)12-9(14)5-3-6-10(12)15/h1-7H. The molecule has 0 unspecified atom stereocenters. The first-order valence-corrected chi connectivity index (χ1v) is 7.20. The second-order valence-electron chi connectivity index (χ2n) is 3.53. The van der Waals surface area contributed by atoms with Gasteiger partial charge >= 0.3 is 0 Å². The van der Waals surface area contributed by atoms with Gasteiger partial charge in [-0.2, -0.15) is 0 Å². The highest BCUT2D eigenvalue weighted by Gasteiger charge is 2.20. The first kappa shape index (κ1) is 13.0. The maximum Gasteiger partial charge on any atom is 0.261 e. The lowest BCUT2D eigenvalue weighted by atomic mass is 10.0. The Labute approximate surface area is 107 Å². The number of hydrogen-bond donors (Lipinski definition) is 0. The summed E-state index contributed by atoms with van der Waals surface area (Å²) in [6.07, 6.45) is 0. The van der Waals surface area contributed by atoms with Gasteiger partial charge in [0.05, 0.1) is 10.5 Å². The zero-order valence-corrected chi connectivity index (χ0v) is 10.5. The van der Waals surface area contributed by atoms with E-state index < -0.39 is 26.2 Å². The lowest BCUT2D eigenvalue weighted by Crippen LogP contribution is -1.98. The van der Waals surface area contributed by atoms with Crippen LogP contribution >= 0.6 is 10.7 Å². The first-order chi connectivity index (χ1) is 8.41. The van der Waals surface area contributed by atoms with E-state index in [4.69, 9.17) is 10.7 Å². The second-order valence-corrected chi connectivity index (χ2v) is 6.07. The van der Waals surface area contributed by atoms with E-state index in [-0.39, 0.29) is 10.5 Å². The predicted molar refractivity (Wildman–Crippen MR) is 64.8 cm³/mol. The van der Waals surface area contributed by atoms with Crippen LogP contribution in [0, 0.1) is 11.6 Å². The van der Waals surface area contributed by atoms with Crippen LogP contribution in [0.5, 0.6) is 0 Å². The van der Waals surface area contributed by atoms with E-state index in [1.54, 1.807) is 0 Å². The molecular formula is C12H7ClF2O2S. The van der Waals surface area contributed by atoms with Crippen LogP contribution in [0.1, 0.15) is 0 Å². The molecule has 2 rings (SSSR count). The third-order valence-electron chi connectivity index (χ3n) is 2.38. The number of halogens is 3. The molecule has 0 saturated heterocycles. The molecule has 0 atom stereocenters. The van der Waals surface area contributed by atoms with Crippen molar-refractivity contribution in [3.63, 3.8) is 0 Å². The topological polar surface area (TPSA) is 34.1 Å². The second kappa shape index (κ2) is 4.66. The van der Waals surface area contributed by atoms with Gasteiger partial charge in [-0.25, -0.2) is 17.2 Å². The fourth-order valence-corrected chi connectivity index (χ4v) is 2.72. The van der Waals surface area contributed by atoms with Gasteiger partial charge < -0.3 is 0 Å². The Kier molecular flexibility index (Phi) is 3.36. The van der Waals surface area contributed by atoms with E-state index in [0.29, 0.717) is 0 Å². The molecule has 94 valence electrons. The van der Waals surface area contributed by atoms with E-state index in [2.05, 4.69) is 0 Å². The Hall–Kier alpha value is -1.46. The summed E-state index contributed by atoms with van der Waals surface area (Å²) >= 11 is 0. The Balaban J connectivity index is 2.81. The van der Waals surface area contributed by atoms with Crippen molar-refractivity contribution in [3.05, 3.63) is 54.1 Å². The molecule has 0 aromatic heterocycles. The summed E-state index contributed by atoms with van der Waals surface area (Å²) in [5.41, 5.74) is -0.500. The Morgan fingerprint density at radius 2 is 1.44 bits per heavy atom. The molecule has 0 spiro atoms. The molecule has 0 aliphatic heterocycles. The van der Waals surface area contributed by atoms with E-state index >= 15 is 0 Å². The molecule has 2 aromatic carbocycles. The highest BCUT2D eigenvalue weighted by Crippen LogP contribution is 2.32. The van der Waals surface area contributed by atoms with Crippen molar-refractivity contribution in [2.45, 2.75) is 4.90 Å². The fraction of sp³-hybridized carbons (Fsp3) is 0. The van der Waals surface area contributed by atoms with Crippen molar-refractivity contribution in [2.75, 3.05) is 0 Å². The molecule has 0 aliphatic carbocycles. The molecule has 2 aromatic rings. The Morgan fingerprint density at radius 1 is 0.889 bits per heavy atom. The van der Waals surface area contributed by atoms with Crippen molar-refractivity contribution >= 4 is 19.7 Å². The molecule has 0 fully saturated rings. The van der Waals surface area contributed by atoms with Gasteiger partial charge in [0.15, 0.2) is 0 Å². The fourth-order valence-electron chi connectivity index (χ4n) is 1.64. The maximum atomic E-state index is 13.6. The first-order valence-electron chi connectivity index (χ1n) is 4.89. The van der Waals surface area contributed by atoms with Crippen LogP contribution in [0.25, 0.3) is 11.1 Å². The zero-order valence-electron chi connectivity index (χ0n) is 8.90. The Bertz CT molecular complexity index is 679. The van der Waals surface area contributed by atoms with Crippen LogP contribution in [-0.2, 0) is 9.05 Å². The molecule has 0 aliphatic rings. The predicted octanol–water partition coefficient (Wildman–Crippen LogP) is 3.56. The van der Waals surface area contributed by atoms with Crippen LogP contribution in [0.15, 0.2) is 47.4 Å². The highest BCUT2D eigenvalue weighted by atomic mass is 35.7. The minimum atomic E-state index is -4.08. The summed E-state index contributed by atoms with van der Waals surface area (Å²) in [6.45, 7) is 0. The van der Waals surface area contributed by atoms with Gasteiger partial charge in [0.25, 0.3) is 9.05 Å². The van der Waals surface area contributed by atoms with Gasteiger partial charge in [-0.3, -0.25) is 0 Å². The molecule has 6 heteroatoms. The van der Waals surface area contributed by atoms with Crippen LogP contribution < -0.4 is 0 Å². The average molecular weight is 289 g/mol. The minimum Gasteiger partial charge on any atom is -0.207 e. The van der Waals surface area contributed by atoms with Crippen molar-refractivity contribution in [2.24, 2.45) is 0 Å². The largest absolute Gasteiger partial charge is 0.261 e. The molecule has 0 bridgehead atoms. The zero-order chi connectivity index (χ0) is 13.3. The van der Waals surface area contributed by atoms with Gasteiger partial charge in [0.2, 0.25) is 0 Å². The van der Waals surface area contributed by atoms with Gasteiger partial charge in [-0.15, -0.1) is 0 Å². The lowest BCUT2D eigenvalue weighted by molar-refractivity contribution is 0.588. The van der Waals surface area contributed by atoms with Crippen molar-refractivity contribution in [3.8, 4) is 11.1 Å². The average Bonchev–Trinajstić information content (AvgIpc) is 2.28. The number of benzene rings is 2. The van der Waals surface area contributed by atoms with Gasteiger partial charge in [-0.1, -0.05) is 24.3 Å². The van der Waals surface area contributed by atoms with Crippen LogP contribution in [0.2, 0.25) is 0 Å². The maximum absolute atomic E-state index is 13.6. The molecule has 0 saturated carbocycles. The van der Waals surface area contributed by atoms with E-state index in [9.17, 15) is 17.2 Å². The third kappa shape index (κ3) is 2.37. The monoisotopic (exact) mass is 288 g/mol. The van der Waals surface area contributed by atoms with Crippen LogP contribution in [0.3, 0.4) is 0 Å². The SMILES string of the molecule is O=S(=O)(Cl)c1ccccc1-c1c(F)cccc1F. The quantitative estimate of drug-likeness (QED) is 0.792. The molecule has 2 nitrogen and oxygen atoms in total. The van der Waals surface area contributed by atoms with Crippen molar-refractivity contribution in [1.29, 1.82) is 0 Å². The van der Waals surface area contributed by atoms with Crippen molar-refractivity contribution in [1.82, 2.24) is 0 Å². The smallest absolute Gasteiger partial charge is 0.207 e.